The minimum absolute atomic E-state index is 0.0262. The van der Waals surface area contributed by atoms with Crippen molar-refractivity contribution in [2.75, 3.05) is 6.54 Å². The first-order chi connectivity index (χ1) is 9.18. The van der Waals surface area contributed by atoms with Crippen LogP contribution in [0.5, 0.6) is 0 Å². The van der Waals surface area contributed by atoms with Crippen molar-refractivity contribution in [2.24, 2.45) is 5.92 Å². The number of hydrogen-bond acceptors (Lipinski definition) is 2. The molecule has 0 spiro atoms. The number of nitrogens with one attached hydrogen (secondary N) is 1. The molecule has 19 heavy (non-hydrogen) atoms. The van der Waals surface area contributed by atoms with Gasteiger partial charge in [-0.2, -0.15) is 0 Å². The summed E-state index contributed by atoms with van der Waals surface area (Å²) in [4.78, 5) is 11.8. The summed E-state index contributed by atoms with van der Waals surface area (Å²) in [6.07, 6.45) is 5.00. The number of carbonyl (C=O) groups excluding carboxylic acids is 1. The van der Waals surface area contributed by atoms with Gasteiger partial charge in [0.1, 0.15) is 5.82 Å². The van der Waals surface area contributed by atoms with Gasteiger partial charge in [0.05, 0.1) is 11.7 Å². The second-order valence-electron chi connectivity index (χ2n) is 5.16. The number of hydrogen-bond donors (Lipinski definition) is 2. The molecule has 0 aliphatic heterocycles. The molecule has 0 aromatic heterocycles. The van der Waals surface area contributed by atoms with Gasteiger partial charge in [-0.1, -0.05) is 31.4 Å². The molecule has 2 rings (SSSR count). The van der Waals surface area contributed by atoms with Crippen molar-refractivity contribution in [1.29, 1.82) is 0 Å². The third kappa shape index (κ3) is 3.77. The summed E-state index contributed by atoms with van der Waals surface area (Å²) in [5, 5.41) is 12.6. The molecule has 0 heterocycles. The predicted molar refractivity (Wildman–Crippen MR) is 71.3 cm³/mol. The molecule has 1 aliphatic rings. The van der Waals surface area contributed by atoms with Gasteiger partial charge >= 0.3 is 0 Å². The first kappa shape index (κ1) is 14.0. The number of amides is 1. The van der Waals surface area contributed by atoms with Crippen molar-refractivity contribution in [1.82, 2.24) is 5.32 Å². The van der Waals surface area contributed by atoms with E-state index in [4.69, 9.17) is 0 Å². The number of aliphatic hydroxyl groups is 1. The highest BCUT2D eigenvalue weighted by molar-refractivity contribution is 5.94. The van der Waals surface area contributed by atoms with Crippen molar-refractivity contribution >= 4 is 5.91 Å². The highest BCUT2D eigenvalue weighted by Gasteiger charge is 2.22. The third-order valence-corrected chi connectivity index (χ3v) is 3.78. The van der Waals surface area contributed by atoms with Gasteiger partial charge in [-0.25, -0.2) is 4.39 Å². The molecule has 1 aromatic rings. The Morgan fingerprint density at radius 2 is 2.00 bits per heavy atom. The molecule has 0 saturated heterocycles. The summed E-state index contributed by atoms with van der Waals surface area (Å²) in [5.74, 6) is -0.741. The number of aliphatic hydroxyl groups excluding tert-OH is 1. The Balaban J connectivity index is 1.84. The Kier molecular flexibility index (Phi) is 4.91. The summed E-state index contributed by atoms with van der Waals surface area (Å²) in [7, 11) is 0. The number of rotatable bonds is 4. The predicted octanol–water partition coefficient (Wildman–Crippen LogP) is 2.50. The maximum Gasteiger partial charge on any atom is 0.254 e. The van der Waals surface area contributed by atoms with Gasteiger partial charge in [0, 0.05) is 6.54 Å². The molecule has 3 nitrogen and oxygen atoms in total. The lowest BCUT2D eigenvalue weighted by Gasteiger charge is -2.26. The lowest BCUT2D eigenvalue weighted by molar-refractivity contribution is 0.0736. The average molecular weight is 265 g/mol. The molecule has 0 bridgehead atoms. The van der Waals surface area contributed by atoms with Crippen LogP contribution in [0.1, 0.15) is 42.5 Å². The summed E-state index contributed by atoms with van der Waals surface area (Å²) >= 11 is 0. The minimum atomic E-state index is -0.535. The smallest absolute Gasteiger partial charge is 0.254 e. The molecule has 1 aromatic carbocycles. The third-order valence-electron chi connectivity index (χ3n) is 3.78. The normalized spacial score (nSPS) is 18.0. The Hall–Kier alpha value is -1.42. The van der Waals surface area contributed by atoms with Gasteiger partial charge in [-0.05, 0) is 30.9 Å². The molecule has 1 amide bonds. The Morgan fingerprint density at radius 1 is 1.32 bits per heavy atom. The van der Waals surface area contributed by atoms with Gasteiger partial charge < -0.3 is 10.4 Å². The van der Waals surface area contributed by atoms with E-state index in [9.17, 15) is 14.3 Å². The first-order valence-corrected chi connectivity index (χ1v) is 6.89. The van der Waals surface area contributed by atoms with E-state index in [-0.39, 0.29) is 18.0 Å². The highest BCUT2D eigenvalue weighted by atomic mass is 19.1. The minimum Gasteiger partial charge on any atom is -0.391 e. The molecule has 1 saturated carbocycles. The van der Waals surface area contributed by atoms with Crippen molar-refractivity contribution in [3.8, 4) is 0 Å². The van der Waals surface area contributed by atoms with Crippen molar-refractivity contribution in [3.63, 3.8) is 0 Å². The second-order valence-corrected chi connectivity index (χ2v) is 5.16. The van der Waals surface area contributed by atoms with Crippen LogP contribution < -0.4 is 5.32 Å². The van der Waals surface area contributed by atoms with E-state index < -0.39 is 17.8 Å². The van der Waals surface area contributed by atoms with E-state index in [1.54, 1.807) is 12.1 Å². The van der Waals surface area contributed by atoms with Crippen LogP contribution in [0.25, 0.3) is 0 Å². The van der Waals surface area contributed by atoms with Crippen LogP contribution in [0, 0.1) is 11.7 Å². The van der Waals surface area contributed by atoms with Crippen LogP contribution in [0.3, 0.4) is 0 Å². The highest BCUT2D eigenvalue weighted by Crippen LogP contribution is 2.26. The zero-order chi connectivity index (χ0) is 13.7. The number of halogens is 1. The van der Waals surface area contributed by atoms with Gasteiger partial charge in [-0.3, -0.25) is 4.79 Å². The summed E-state index contributed by atoms with van der Waals surface area (Å²) in [6, 6.07) is 5.86. The summed E-state index contributed by atoms with van der Waals surface area (Å²) < 4.78 is 13.4. The maximum atomic E-state index is 13.4. The molecule has 4 heteroatoms. The number of carbonyl (C=O) groups is 1. The Bertz CT molecular complexity index is 430. The van der Waals surface area contributed by atoms with Gasteiger partial charge in [0.25, 0.3) is 5.91 Å². The SMILES string of the molecule is O=C(NC[C@@H](O)C1CCCCC1)c1ccccc1F. The molecule has 1 atom stereocenters. The zero-order valence-corrected chi connectivity index (χ0v) is 10.9. The van der Waals surface area contributed by atoms with Crippen LogP contribution in [-0.2, 0) is 0 Å². The van der Waals surface area contributed by atoms with Crippen molar-refractivity contribution in [3.05, 3.63) is 35.6 Å². The van der Waals surface area contributed by atoms with Crippen LogP contribution in [0.2, 0.25) is 0 Å². The summed E-state index contributed by atoms with van der Waals surface area (Å²) in [6.45, 7) is 0.192. The fourth-order valence-electron chi connectivity index (χ4n) is 2.62. The fourth-order valence-corrected chi connectivity index (χ4v) is 2.62. The van der Waals surface area contributed by atoms with Crippen molar-refractivity contribution < 1.29 is 14.3 Å². The van der Waals surface area contributed by atoms with Crippen LogP contribution in [0.4, 0.5) is 4.39 Å². The van der Waals surface area contributed by atoms with Crippen LogP contribution in [-0.4, -0.2) is 23.7 Å². The van der Waals surface area contributed by atoms with E-state index in [0.717, 1.165) is 25.7 Å². The van der Waals surface area contributed by atoms with Gasteiger partial charge in [0.15, 0.2) is 0 Å². The van der Waals surface area contributed by atoms with Crippen LogP contribution in [0.15, 0.2) is 24.3 Å². The molecular formula is C15H20FNO2. The molecule has 2 N–H and O–H groups in total. The zero-order valence-electron chi connectivity index (χ0n) is 10.9. The van der Waals surface area contributed by atoms with E-state index in [2.05, 4.69) is 5.32 Å². The Morgan fingerprint density at radius 3 is 2.68 bits per heavy atom. The van der Waals surface area contributed by atoms with E-state index in [1.165, 1.54) is 18.6 Å². The molecule has 0 unspecified atom stereocenters. The standard InChI is InChI=1S/C15H20FNO2/c16-13-9-5-4-8-12(13)15(19)17-10-14(18)11-6-2-1-3-7-11/h4-5,8-9,11,14,18H,1-3,6-7,10H2,(H,17,19)/t14-/m1/s1. The van der Waals surface area contributed by atoms with Gasteiger partial charge in [-0.15, -0.1) is 0 Å². The van der Waals surface area contributed by atoms with Crippen molar-refractivity contribution in [2.45, 2.75) is 38.2 Å². The monoisotopic (exact) mass is 265 g/mol. The summed E-state index contributed by atoms with van der Waals surface area (Å²) in [5.41, 5.74) is 0.0262. The number of benzene rings is 1. The lowest BCUT2D eigenvalue weighted by Crippen LogP contribution is -2.37. The molecular weight excluding hydrogens is 245 g/mol. The maximum absolute atomic E-state index is 13.4. The second kappa shape index (κ2) is 6.66. The largest absolute Gasteiger partial charge is 0.391 e. The quantitative estimate of drug-likeness (QED) is 0.878. The molecule has 1 aliphatic carbocycles. The van der Waals surface area contributed by atoms with Gasteiger partial charge in [0.2, 0.25) is 0 Å². The molecule has 1 fully saturated rings. The topological polar surface area (TPSA) is 49.3 Å². The Labute approximate surface area is 112 Å². The van der Waals surface area contributed by atoms with Crippen LogP contribution >= 0.6 is 0 Å². The average Bonchev–Trinajstić information content (AvgIpc) is 2.46. The van der Waals surface area contributed by atoms with E-state index >= 15 is 0 Å². The first-order valence-electron chi connectivity index (χ1n) is 6.89. The fraction of sp³-hybridized carbons (Fsp3) is 0.533. The van der Waals surface area contributed by atoms with E-state index in [0.29, 0.717) is 0 Å². The van der Waals surface area contributed by atoms with E-state index in [1.807, 2.05) is 0 Å². The molecule has 0 radical (unpaired) electrons. The molecule has 104 valence electrons. The lowest BCUT2D eigenvalue weighted by atomic mass is 9.85.